The molecule has 2 atom stereocenters. The van der Waals surface area contributed by atoms with Crippen LogP contribution < -0.4 is 10.6 Å². The van der Waals surface area contributed by atoms with Crippen LogP contribution in [-0.4, -0.2) is 45.1 Å². The molecule has 186 valence electrons. The molecule has 9 heteroatoms. The predicted molar refractivity (Wildman–Crippen MR) is 144 cm³/mol. The molecule has 0 saturated carbocycles. The van der Waals surface area contributed by atoms with Crippen LogP contribution in [-0.2, 0) is 9.53 Å². The molecule has 0 spiro atoms. The van der Waals surface area contributed by atoms with E-state index in [1.807, 2.05) is 88.5 Å². The Bertz CT molecular complexity index is 1410. The zero-order valence-electron chi connectivity index (χ0n) is 20.1. The summed E-state index contributed by atoms with van der Waals surface area (Å²) in [7, 11) is 1.36. The van der Waals surface area contributed by atoms with Crippen LogP contribution in [0.4, 0.5) is 5.69 Å². The van der Waals surface area contributed by atoms with E-state index in [-0.39, 0.29) is 24.5 Å². The molecule has 8 nitrogen and oxygen atoms in total. The molecule has 1 aliphatic heterocycles. The van der Waals surface area contributed by atoms with Crippen molar-refractivity contribution < 1.29 is 14.3 Å². The van der Waals surface area contributed by atoms with Gasteiger partial charge in [-0.15, -0.1) is 0 Å². The Labute approximate surface area is 219 Å². The molecule has 0 radical (unpaired) electrons. The summed E-state index contributed by atoms with van der Waals surface area (Å²) >= 11 is 5.72. The number of rotatable bonds is 7. The second-order valence-electron chi connectivity index (χ2n) is 8.51. The van der Waals surface area contributed by atoms with Crippen molar-refractivity contribution in [2.75, 3.05) is 19.0 Å². The topological polar surface area (TPSA) is 88.5 Å². The summed E-state index contributed by atoms with van der Waals surface area (Å²) in [6.07, 6.45) is 3.69. The average molecular weight is 512 g/mol. The Morgan fingerprint density at radius 2 is 1.76 bits per heavy atom. The first-order valence-corrected chi connectivity index (χ1v) is 12.1. The maximum atomic E-state index is 13.1. The Morgan fingerprint density at radius 3 is 2.46 bits per heavy atom. The van der Waals surface area contributed by atoms with Crippen LogP contribution in [0.1, 0.15) is 33.8 Å². The number of hydrogen-bond acceptors (Lipinski definition) is 5. The van der Waals surface area contributed by atoms with Gasteiger partial charge in [0.15, 0.2) is 5.11 Å². The van der Waals surface area contributed by atoms with Gasteiger partial charge in [-0.2, -0.15) is 0 Å². The lowest BCUT2D eigenvalue weighted by Crippen LogP contribution is -2.37. The number of benzene rings is 2. The van der Waals surface area contributed by atoms with Crippen molar-refractivity contribution in [3.05, 3.63) is 114 Å². The minimum atomic E-state index is -0.393. The van der Waals surface area contributed by atoms with Crippen LogP contribution >= 0.6 is 12.2 Å². The Balaban J connectivity index is 1.50. The average Bonchev–Trinajstić information content (AvgIpc) is 3.54. The smallest absolute Gasteiger partial charge is 0.337 e. The van der Waals surface area contributed by atoms with Crippen LogP contribution in [0.15, 0.2) is 97.3 Å². The molecule has 2 N–H and O–H groups in total. The van der Waals surface area contributed by atoms with Gasteiger partial charge in [0, 0.05) is 29.5 Å². The van der Waals surface area contributed by atoms with Gasteiger partial charge in [-0.25, -0.2) is 4.79 Å². The minimum Gasteiger partial charge on any atom is -0.465 e. The fourth-order valence-electron chi connectivity index (χ4n) is 4.52. The summed E-state index contributed by atoms with van der Waals surface area (Å²) in [5.41, 5.74) is 3.78. The molecule has 1 aliphatic rings. The van der Waals surface area contributed by atoms with Gasteiger partial charge in [0.25, 0.3) is 0 Å². The Morgan fingerprint density at radius 1 is 1.00 bits per heavy atom. The Hall–Kier alpha value is -4.50. The van der Waals surface area contributed by atoms with E-state index in [2.05, 4.69) is 15.6 Å². The largest absolute Gasteiger partial charge is 0.465 e. The van der Waals surface area contributed by atoms with E-state index in [1.54, 1.807) is 18.3 Å². The number of carbonyl (C=O) groups is 2. The molecule has 5 rings (SSSR count). The summed E-state index contributed by atoms with van der Waals surface area (Å²) in [5.74, 6) is -0.571. The van der Waals surface area contributed by atoms with E-state index in [4.69, 9.17) is 17.0 Å². The molecule has 2 aromatic carbocycles. The highest BCUT2D eigenvalue weighted by Crippen LogP contribution is 2.39. The molecule has 1 saturated heterocycles. The zero-order valence-corrected chi connectivity index (χ0v) is 20.9. The number of esters is 1. The van der Waals surface area contributed by atoms with Gasteiger partial charge >= 0.3 is 5.97 Å². The summed E-state index contributed by atoms with van der Waals surface area (Å²) in [5, 5.41) is 6.79. The molecule has 1 fully saturated rings. The maximum absolute atomic E-state index is 13.1. The summed E-state index contributed by atoms with van der Waals surface area (Å²) in [6, 6.07) is 25.6. The fraction of sp³-hybridized carbons (Fsp3) is 0.143. The number of thiocarbonyl (C=S) groups is 1. The van der Waals surface area contributed by atoms with Crippen molar-refractivity contribution in [2.45, 2.75) is 12.1 Å². The van der Waals surface area contributed by atoms with Crippen LogP contribution in [0.3, 0.4) is 0 Å². The highest BCUT2D eigenvalue weighted by molar-refractivity contribution is 7.80. The van der Waals surface area contributed by atoms with E-state index < -0.39 is 5.97 Å². The third-order valence-electron chi connectivity index (χ3n) is 6.22. The van der Waals surface area contributed by atoms with E-state index in [0.29, 0.717) is 10.7 Å². The molecular weight excluding hydrogens is 486 g/mol. The number of nitrogens with zero attached hydrogens (tertiary/aromatic N) is 3. The lowest BCUT2D eigenvalue weighted by atomic mass is 10.0. The molecule has 0 aliphatic carbocycles. The van der Waals surface area contributed by atoms with Gasteiger partial charge < -0.3 is 24.8 Å². The monoisotopic (exact) mass is 511 g/mol. The van der Waals surface area contributed by atoms with Crippen LogP contribution in [0.2, 0.25) is 0 Å². The van der Waals surface area contributed by atoms with Gasteiger partial charge in [0.05, 0.1) is 30.5 Å². The highest BCUT2D eigenvalue weighted by Gasteiger charge is 2.42. The molecule has 3 heterocycles. The number of ether oxygens (including phenoxy) is 1. The molecule has 0 unspecified atom stereocenters. The maximum Gasteiger partial charge on any atom is 0.337 e. The molecule has 37 heavy (non-hydrogen) atoms. The van der Waals surface area contributed by atoms with Gasteiger partial charge in [-0.1, -0.05) is 24.3 Å². The van der Waals surface area contributed by atoms with E-state index in [1.165, 1.54) is 7.11 Å². The summed E-state index contributed by atoms with van der Waals surface area (Å²) in [6.45, 7) is 0.0567. The molecular formula is C28H25N5O3S. The van der Waals surface area contributed by atoms with Crippen LogP contribution in [0.5, 0.6) is 0 Å². The lowest BCUT2D eigenvalue weighted by Gasteiger charge is -2.28. The number of methoxy groups -OCH3 is 1. The zero-order chi connectivity index (χ0) is 25.8. The predicted octanol–water partition coefficient (Wildman–Crippen LogP) is 4.27. The third-order valence-corrected chi connectivity index (χ3v) is 6.57. The van der Waals surface area contributed by atoms with Crippen molar-refractivity contribution in [1.29, 1.82) is 0 Å². The van der Waals surface area contributed by atoms with Crippen molar-refractivity contribution >= 4 is 34.9 Å². The standard InChI is InChI=1S/C28H25N5O3S/c1-36-27(35)19-12-14-21(15-13-19)32-17-7-11-23(32)26-25(22-10-5-6-16-29-22)31-28(37)33(26)18-24(34)30-20-8-3-2-4-9-20/h2-17,25-26H,18H2,1H3,(H,30,34)(H,31,37)/t25-,26+/m1/s1. The van der Waals surface area contributed by atoms with E-state index in [9.17, 15) is 9.59 Å². The fourth-order valence-corrected chi connectivity index (χ4v) is 4.83. The number of carbonyl (C=O) groups excluding carboxylic acids is 2. The first-order valence-electron chi connectivity index (χ1n) is 11.7. The van der Waals surface area contributed by atoms with Gasteiger partial charge in [-0.05, 0) is 72.9 Å². The molecule has 0 bridgehead atoms. The first-order chi connectivity index (χ1) is 18.0. The minimum absolute atomic E-state index is 0.0567. The molecule has 2 aromatic heterocycles. The Kier molecular flexibility index (Phi) is 6.96. The summed E-state index contributed by atoms with van der Waals surface area (Å²) in [4.78, 5) is 31.4. The third kappa shape index (κ3) is 5.07. The van der Waals surface area contributed by atoms with Crippen molar-refractivity contribution in [1.82, 2.24) is 19.8 Å². The number of pyridine rings is 1. The van der Waals surface area contributed by atoms with Crippen molar-refractivity contribution in [2.24, 2.45) is 0 Å². The normalized spacial score (nSPS) is 16.8. The molecule has 4 aromatic rings. The lowest BCUT2D eigenvalue weighted by molar-refractivity contribution is -0.116. The van der Waals surface area contributed by atoms with Gasteiger partial charge in [0.2, 0.25) is 5.91 Å². The highest BCUT2D eigenvalue weighted by atomic mass is 32.1. The number of aromatic nitrogens is 2. The number of para-hydroxylation sites is 1. The van der Waals surface area contributed by atoms with E-state index in [0.717, 1.165) is 22.8 Å². The van der Waals surface area contributed by atoms with E-state index >= 15 is 0 Å². The number of amides is 1. The summed E-state index contributed by atoms with van der Waals surface area (Å²) < 4.78 is 6.85. The van der Waals surface area contributed by atoms with Gasteiger partial charge in [0.1, 0.15) is 6.54 Å². The van der Waals surface area contributed by atoms with Crippen molar-refractivity contribution in [3.63, 3.8) is 0 Å². The second-order valence-corrected chi connectivity index (χ2v) is 8.90. The quantitative estimate of drug-likeness (QED) is 0.283. The van der Waals surface area contributed by atoms with Gasteiger partial charge in [-0.3, -0.25) is 9.78 Å². The van der Waals surface area contributed by atoms with Crippen LogP contribution in [0.25, 0.3) is 5.69 Å². The first kappa shape index (κ1) is 24.2. The number of nitrogens with one attached hydrogen (secondary N) is 2. The SMILES string of the molecule is COC(=O)c1ccc(-n2cccc2[C@H]2[C@@H](c3ccccn3)NC(=S)N2CC(=O)Nc2ccccc2)cc1. The molecule has 1 amide bonds. The number of anilines is 1. The number of hydrogen-bond donors (Lipinski definition) is 2. The van der Waals surface area contributed by atoms with Crippen LogP contribution in [0, 0.1) is 0 Å². The van der Waals surface area contributed by atoms with Crippen molar-refractivity contribution in [3.8, 4) is 5.69 Å². The second kappa shape index (κ2) is 10.6.